The number of aromatic nitrogens is 3. The number of hydrogen-bond donors (Lipinski definition) is 0. The standard InChI is InChI=1S/C51H35N3/c1-5-15-36(16-6-1)38-27-29-39(30-28-38)42-23-13-24-43(31-42)44-25-14-26-45(32-44)47-33-46(37-17-7-2-8-18-37)34-48(35-47)51-53-49(40-19-9-3-10-20-40)52-50(54-51)41-21-11-4-12-22-41/h1-35H. The number of hydrogen-bond acceptors (Lipinski definition) is 3. The lowest BCUT2D eigenvalue weighted by Gasteiger charge is -2.13. The van der Waals surface area contributed by atoms with Crippen molar-refractivity contribution in [2.24, 2.45) is 0 Å². The molecule has 0 fully saturated rings. The summed E-state index contributed by atoms with van der Waals surface area (Å²) in [5, 5.41) is 0. The van der Waals surface area contributed by atoms with Gasteiger partial charge in [0.2, 0.25) is 0 Å². The van der Waals surface area contributed by atoms with Gasteiger partial charge in [0.05, 0.1) is 0 Å². The van der Waals surface area contributed by atoms with Gasteiger partial charge >= 0.3 is 0 Å². The minimum atomic E-state index is 0.629. The first kappa shape index (κ1) is 32.7. The molecule has 0 bridgehead atoms. The smallest absolute Gasteiger partial charge is 0.164 e. The average Bonchev–Trinajstić information content (AvgIpc) is 3.27. The van der Waals surface area contributed by atoms with Gasteiger partial charge in [-0.25, -0.2) is 15.0 Å². The topological polar surface area (TPSA) is 38.7 Å². The van der Waals surface area contributed by atoms with Crippen LogP contribution in [0.3, 0.4) is 0 Å². The van der Waals surface area contributed by atoms with Crippen LogP contribution in [0.4, 0.5) is 0 Å². The second-order valence-electron chi connectivity index (χ2n) is 13.3. The van der Waals surface area contributed by atoms with Gasteiger partial charge in [0.1, 0.15) is 0 Å². The van der Waals surface area contributed by atoms with E-state index in [0.29, 0.717) is 17.5 Å². The Morgan fingerprint density at radius 1 is 0.167 bits per heavy atom. The summed E-state index contributed by atoms with van der Waals surface area (Å²) in [5.74, 6) is 1.91. The van der Waals surface area contributed by atoms with Crippen molar-refractivity contribution < 1.29 is 0 Å². The van der Waals surface area contributed by atoms with Gasteiger partial charge in [0, 0.05) is 16.7 Å². The Bertz CT molecular complexity index is 2620. The van der Waals surface area contributed by atoms with E-state index < -0.39 is 0 Å². The minimum Gasteiger partial charge on any atom is -0.208 e. The number of rotatable bonds is 8. The molecule has 254 valence electrons. The molecule has 0 atom stereocenters. The highest BCUT2D eigenvalue weighted by Crippen LogP contribution is 2.36. The van der Waals surface area contributed by atoms with Crippen LogP contribution < -0.4 is 0 Å². The molecule has 0 unspecified atom stereocenters. The average molecular weight is 690 g/mol. The summed E-state index contributed by atoms with van der Waals surface area (Å²) in [4.78, 5) is 15.1. The second kappa shape index (κ2) is 14.8. The first-order valence-electron chi connectivity index (χ1n) is 18.2. The first-order valence-corrected chi connectivity index (χ1v) is 18.2. The first-order chi connectivity index (χ1) is 26.7. The molecule has 54 heavy (non-hydrogen) atoms. The molecule has 9 rings (SSSR count). The van der Waals surface area contributed by atoms with Gasteiger partial charge in [0.25, 0.3) is 0 Å². The SMILES string of the molecule is c1ccc(-c2ccc(-c3cccc(-c4cccc(-c5cc(-c6ccccc6)cc(-c6nc(-c7ccccc7)nc(-c7ccccc7)n6)c5)c4)c3)cc2)cc1. The second-order valence-corrected chi connectivity index (χ2v) is 13.3. The zero-order chi connectivity index (χ0) is 36.1. The van der Waals surface area contributed by atoms with Crippen molar-refractivity contribution in [2.75, 3.05) is 0 Å². The van der Waals surface area contributed by atoms with Gasteiger partial charge in [-0.05, 0) is 86.0 Å². The molecule has 0 radical (unpaired) electrons. The molecule has 9 aromatic rings. The van der Waals surface area contributed by atoms with Crippen LogP contribution in [0.5, 0.6) is 0 Å². The summed E-state index contributed by atoms with van der Waals surface area (Å²) >= 11 is 0. The van der Waals surface area contributed by atoms with E-state index >= 15 is 0 Å². The molecule has 0 saturated heterocycles. The Kier molecular flexibility index (Phi) is 8.94. The third-order valence-corrected chi connectivity index (χ3v) is 9.71. The van der Waals surface area contributed by atoms with E-state index in [1.807, 2.05) is 66.7 Å². The summed E-state index contributed by atoms with van der Waals surface area (Å²) in [6, 6.07) is 74.3. The van der Waals surface area contributed by atoms with Crippen LogP contribution in [0.1, 0.15) is 0 Å². The fourth-order valence-electron chi connectivity index (χ4n) is 6.90. The van der Waals surface area contributed by atoms with Crippen LogP contribution in [-0.2, 0) is 0 Å². The number of nitrogens with zero attached hydrogens (tertiary/aromatic N) is 3. The molecular formula is C51H35N3. The lowest BCUT2D eigenvalue weighted by molar-refractivity contribution is 1.07. The Balaban J connectivity index is 1.13. The highest BCUT2D eigenvalue weighted by atomic mass is 15.0. The van der Waals surface area contributed by atoms with Crippen molar-refractivity contribution >= 4 is 0 Å². The van der Waals surface area contributed by atoms with E-state index in [9.17, 15) is 0 Å². The van der Waals surface area contributed by atoms with Crippen molar-refractivity contribution in [2.45, 2.75) is 0 Å². The Labute approximate surface area is 316 Å². The third-order valence-electron chi connectivity index (χ3n) is 9.71. The highest BCUT2D eigenvalue weighted by molar-refractivity contribution is 5.83. The van der Waals surface area contributed by atoms with Crippen molar-refractivity contribution in [3.8, 4) is 89.8 Å². The van der Waals surface area contributed by atoms with Gasteiger partial charge in [-0.15, -0.1) is 0 Å². The number of benzene rings is 8. The predicted molar refractivity (Wildman–Crippen MR) is 223 cm³/mol. The van der Waals surface area contributed by atoms with E-state index in [2.05, 4.69) is 146 Å². The molecule has 8 aromatic carbocycles. The fraction of sp³-hybridized carbons (Fsp3) is 0. The molecule has 0 saturated carbocycles. The maximum absolute atomic E-state index is 5.07. The van der Waals surface area contributed by atoms with Crippen LogP contribution in [0.2, 0.25) is 0 Å². The third kappa shape index (κ3) is 6.99. The lowest BCUT2D eigenvalue weighted by Crippen LogP contribution is -2.00. The van der Waals surface area contributed by atoms with Crippen molar-refractivity contribution in [1.82, 2.24) is 15.0 Å². The van der Waals surface area contributed by atoms with Gasteiger partial charge in [-0.3, -0.25) is 0 Å². The largest absolute Gasteiger partial charge is 0.208 e. The molecule has 3 heteroatoms. The maximum atomic E-state index is 5.07. The Morgan fingerprint density at radius 3 is 0.852 bits per heavy atom. The van der Waals surface area contributed by atoms with Crippen LogP contribution in [0, 0.1) is 0 Å². The molecule has 1 heterocycles. The summed E-state index contributed by atoms with van der Waals surface area (Å²) in [7, 11) is 0. The van der Waals surface area contributed by atoms with Gasteiger partial charge in [0.15, 0.2) is 17.5 Å². The highest BCUT2D eigenvalue weighted by Gasteiger charge is 2.15. The van der Waals surface area contributed by atoms with Crippen molar-refractivity contribution in [3.05, 3.63) is 212 Å². The monoisotopic (exact) mass is 689 g/mol. The summed E-state index contributed by atoms with van der Waals surface area (Å²) in [6.45, 7) is 0. The molecule has 0 aliphatic carbocycles. The molecular weight excluding hydrogens is 655 g/mol. The van der Waals surface area contributed by atoms with Crippen LogP contribution in [-0.4, -0.2) is 15.0 Å². The van der Waals surface area contributed by atoms with E-state index in [1.54, 1.807) is 0 Å². The quantitative estimate of drug-likeness (QED) is 0.159. The van der Waals surface area contributed by atoms with Crippen LogP contribution >= 0.6 is 0 Å². The Hall–Kier alpha value is -7.23. The maximum Gasteiger partial charge on any atom is 0.164 e. The molecule has 1 aromatic heterocycles. The van der Waals surface area contributed by atoms with Gasteiger partial charge in [-0.1, -0.05) is 182 Å². The molecule has 0 aliphatic rings. The fourth-order valence-corrected chi connectivity index (χ4v) is 6.90. The van der Waals surface area contributed by atoms with Crippen molar-refractivity contribution in [1.29, 1.82) is 0 Å². The molecule has 0 N–H and O–H groups in total. The van der Waals surface area contributed by atoms with Gasteiger partial charge in [-0.2, -0.15) is 0 Å². The zero-order valence-corrected chi connectivity index (χ0v) is 29.5. The normalized spacial score (nSPS) is 11.0. The van der Waals surface area contributed by atoms with Crippen LogP contribution in [0.25, 0.3) is 89.8 Å². The molecule has 0 spiro atoms. The Morgan fingerprint density at radius 2 is 0.407 bits per heavy atom. The molecule has 3 nitrogen and oxygen atoms in total. The van der Waals surface area contributed by atoms with E-state index in [-0.39, 0.29) is 0 Å². The summed E-state index contributed by atoms with van der Waals surface area (Å²) in [5.41, 5.74) is 14.4. The van der Waals surface area contributed by atoms with E-state index in [4.69, 9.17) is 15.0 Å². The van der Waals surface area contributed by atoms with E-state index in [0.717, 1.165) is 44.5 Å². The predicted octanol–water partition coefficient (Wildman–Crippen LogP) is 13.2. The van der Waals surface area contributed by atoms with Crippen LogP contribution in [0.15, 0.2) is 212 Å². The van der Waals surface area contributed by atoms with E-state index in [1.165, 1.54) is 27.8 Å². The lowest BCUT2D eigenvalue weighted by atomic mass is 9.93. The minimum absolute atomic E-state index is 0.629. The van der Waals surface area contributed by atoms with Crippen molar-refractivity contribution in [3.63, 3.8) is 0 Å². The zero-order valence-electron chi connectivity index (χ0n) is 29.5. The van der Waals surface area contributed by atoms with Gasteiger partial charge < -0.3 is 0 Å². The molecule has 0 amide bonds. The molecule has 0 aliphatic heterocycles. The summed E-state index contributed by atoms with van der Waals surface area (Å²) < 4.78 is 0. The summed E-state index contributed by atoms with van der Waals surface area (Å²) in [6.07, 6.45) is 0.